The average Bonchev–Trinajstić information content (AvgIpc) is 2.86. The molecule has 1 rings (SSSR count). The number of guanidine groups is 1. The number of aliphatic hydroxyl groups is 1. The van der Waals surface area contributed by atoms with Crippen molar-refractivity contribution in [2.24, 2.45) is 28.1 Å². The highest BCUT2D eigenvalue weighted by Gasteiger charge is 2.31. The number of aliphatic carboxylic acids is 1. The van der Waals surface area contributed by atoms with Gasteiger partial charge in [0.1, 0.15) is 18.1 Å². The van der Waals surface area contributed by atoms with Crippen LogP contribution in [0, 0.1) is 5.92 Å². The molecule has 37 heavy (non-hydrogen) atoms. The summed E-state index contributed by atoms with van der Waals surface area (Å²) in [6, 6.07) is 4.35. The summed E-state index contributed by atoms with van der Waals surface area (Å²) in [5, 5.41) is 26.6. The average molecular weight is 522 g/mol. The Balaban J connectivity index is 2.91. The molecule has 5 unspecified atom stereocenters. The number of nitrogens with one attached hydrogen (secondary N) is 3. The van der Waals surface area contributed by atoms with Crippen LogP contribution >= 0.6 is 0 Å². The summed E-state index contributed by atoms with van der Waals surface area (Å²) in [4.78, 5) is 53.8. The van der Waals surface area contributed by atoms with Crippen LogP contribution in [0.3, 0.4) is 0 Å². The molecule has 3 amide bonds. The van der Waals surface area contributed by atoms with E-state index >= 15 is 0 Å². The number of benzene rings is 1. The first-order valence-electron chi connectivity index (χ1n) is 12.1. The number of nitrogens with zero attached hydrogens (tertiary/aromatic N) is 1. The van der Waals surface area contributed by atoms with E-state index in [0.717, 1.165) is 5.56 Å². The third-order valence-corrected chi connectivity index (χ3v) is 5.81. The van der Waals surface area contributed by atoms with Gasteiger partial charge in [-0.1, -0.05) is 50.6 Å². The summed E-state index contributed by atoms with van der Waals surface area (Å²) < 4.78 is 0. The van der Waals surface area contributed by atoms with Crippen LogP contribution in [0.5, 0.6) is 0 Å². The van der Waals surface area contributed by atoms with Gasteiger partial charge in [0.25, 0.3) is 0 Å². The molecule has 0 aliphatic carbocycles. The molecular formula is C24H39N7O6. The third-order valence-electron chi connectivity index (χ3n) is 5.81. The van der Waals surface area contributed by atoms with Gasteiger partial charge < -0.3 is 43.4 Å². The molecule has 0 aromatic heterocycles. The number of nitrogens with two attached hydrogens (primary N) is 3. The minimum Gasteiger partial charge on any atom is -0.480 e. The molecule has 13 nitrogen and oxygen atoms in total. The number of amides is 3. The molecule has 1 aromatic rings. The summed E-state index contributed by atoms with van der Waals surface area (Å²) in [7, 11) is 0. The Morgan fingerprint density at radius 1 is 0.973 bits per heavy atom. The fourth-order valence-corrected chi connectivity index (χ4v) is 3.42. The van der Waals surface area contributed by atoms with Crippen molar-refractivity contribution >= 4 is 29.7 Å². The van der Waals surface area contributed by atoms with E-state index in [9.17, 15) is 29.4 Å². The number of aliphatic hydroxyl groups excluding tert-OH is 1. The smallest absolute Gasteiger partial charge is 0.326 e. The van der Waals surface area contributed by atoms with Gasteiger partial charge in [0.05, 0.1) is 12.6 Å². The molecular weight excluding hydrogens is 482 g/mol. The Morgan fingerprint density at radius 2 is 1.57 bits per heavy atom. The molecule has 0 heterocycles. The second kappa shape index (κ2) is 16.1. The highest BCUT2D eigenvalue weighted by Crippen LogP contribution is 2.10. The maximum Gasteiger partial charge on any atom is 0.326 e. The number of hydrogen-bond donors (Lipinski definition) is 8. The molecule has 0 saturated heterocycles. The Hall–Kier alpha value is -3.71. The molecule has 0 saturated carbocycles. The van der Waals surface area contributed by atoms with Gasteiger partial charge in [-0.15, -0.1) is 0 Å². The van der Waals surface area contributed by atoms with Crippen molar-refractivity contribution in [3.8, 4) is 0 Å². The van der Waals surface area contributed by atoms with Crippen molar-refractivity contribution in [1.82, 2.24) is 16.0 Å². The lowest BCUT2D eigenvalue weighted by Crippen LogP contribution is -2.58. The normalized spacial score (nSPS) is 14.8. The summed E-state index contributed by atoms with van der Waals surface area (Å²) in [6.45, 7) is 2.90. The van der Waals surface area contributed by atoms with E-state index in [1.807, 2.05) is 6.07 Å². The number of carbonyl (C=O) groups is 4. The fraction of sp³-hybridized carbons (Fsp3) is 0.542. The zero-order valence-corrected chi connectivity index (χ0v) is 21.2. The van der Waals surface area contributed by atoms with E-state index in [2.05, 4.69) is 20.9 Å². The van der Waals surface area contributed by atoms with Crippen LogP contribution in [-0.4, -0.2) is 77.2 Å². The lowest BCUT2D eigenvalue weighted by atomic mass is 9.98. The molecule has 1 aromatic carbocycles. The van der Waals surface area contributed by atoms with Gasteiger partial charge in [-0.25, -0.2) is 4.79 Å². The molecule has 0 bridgehead atoms. The van der Waals surface area contributed by atoms with Crippen molar-refractivity contribution < 1.29 is 29.4 Å². The summed E-state index contributed by atoms with van der Waals surface area (Å²) >= 11 is 0. The number of carboxylic acid groups (broad SMARTS) is 1. The first-order valence-corrected chi connectivity index (χ1v) is 12.1. The van der Waals surface area contributed by atoms with Crippen LogP contribution in [0.1, 0.15) is 38.7 Å². The van der Waals surface area contributed by atoms with Gasteiger partial charge in [-0.3, -0.25) is 19.4 Å². The molecule has 0 aliphatic heterocycles. The van der Waals surface area contributed by atoms with Gasteiger partial charge in [-0.05, 0) is 30.7 Å². The molecule has 0 fully saturated rings. The predicted molar refractivity (Wildman–Crippen MR) is 138 cm³/mol. The van der Waals surface area contributed by atoms with Crippen LogP contribution in [0.15, 0.2) is 35.3 Å². The lowest BCUT2D eigenvalue weighted by Gasteiger charge is -2.26. The molecule has 11 N–H and O–H groups in total. The quantitative estimate of drug-likeness (QED) is 0.0694. The van der Waals surface area contributed by atoms with Crippen LogP contribution in [0.4, 0.5) is 0 Å². The van der Waals surface area contributed by atoms with Gasteiger partial charge >= 0.3 is 5.97 Å². The van der Waals surface area contributed by atoms with E-state index in [0.29, 0.717) is 6.42 Å². The zero-order valence-electron chi connectivity index (χ0n) is 21.2. The first kappa shape index (κ1) is 31.3. The molecule has 0 radical (unpaired) electrons. The molecule has 5 atom stereocenters. The number of rotatable bonds is 16. The fourth-order valence-electron chi connectivity index (χ4n) is 3.42. The second-order valence-electron chi connectivity index (χ2n) is 8.76. The van der Waals surface area contributed by atoms with Crippen LogP contribution in [0.25, 0.3) is 0 Å². The minimum absolute atomic E-state index is 0.0703. The molecule has 0 spiro atoms. The Kier molecular flexibility index (Phi) is 13.6. The number of hydrogen-bond acceptors (Lipinski definition) is 7. The summed E-state index contributed by atoms with van der Waals surface area (Å²) in [5.41, 5.74) is 17.4. The highest BCUT2D eigenvalue weighted by atomic mass is 16.4. The van der Waals surface area contributed by atoms with E-state index in [-0.39, 0.29) is 37.7 Å². The van der Waals surface area contributed by atoms with Crippen molar-refractivity contribution in [1.29, 1.82) is 0 Å². The van der Waals surface area contributed by atoms with Crippen LogP contribution in [0.2, 0.25) is 0 Å². The number of carboxylic acids is 1. The highest BCUT2D eigenvalue weighted by molar-refractivity contribution is 5.94. The topological polar surface area (TPSA) is 235 Å². The second-order valence-corrected chi connectivity index (χ2v) is 8.76. The standard InChI is InChI=1S/C24H39N7O6/c1-3-14(2)19(23(36)37)31-21(34)17(10-7-11-28-24(26)27)29-22(35)18(13-32)30-20(33)16(25)12-15-8-5-4-6-9-15/h4-6,8-9,14,16-19,32H,3,7,10-13,25H2,1-2H3,(H,29,35)(H,30,33)(H,31,34)(H,36,37)(H4,26,27,28). The van der Waals surface area contributed by atoms with Gasteiger partial charge in [-0.2, -0.15) is 0 Å². The zero-order chi connectivity index (χ0) is 28.0. The molecule has 13 heteroatoms. The predicted octanol–water partition coefficient (Wildman–Crippen LogP) is -1.81. The van der Waals surface area contributed by atoms with Gasteiger partial charge in [0.2, 0.25) is 17.7 Å². The Morgan fingerprint density at radius 3 is 2.11 bits per heavy atom. The van der Waals surface area contributed by atoms with E-state index in [4.69, 9.17) is 17.2 Å². The van der Waals surface area contributed by atoms with Gasteiger partial charge in [0, 0.05) is 6.54 Å². The van der Waals surface area contributed by atoms with E-state index in [1.54, 1.807) is 38.1 Å². The number of carbonyl (C=O) groups excluding carboxylic acids is 3. The maximum absolute atomic E-state index is 12.9. The summed E-state index contributed by atoms with van der Waals surface area (Å²) in [5.74, 6) is -3.93. The molecule has 206 valence electrons. The summed E-state index contributed by atoms with van der Waals surface area (Å²) in [6.07, 6.45) is 1.07. The van der Waals surface area contributed by atoms with Crippen molar-refractivity contribution in [2.45, 2.75) is 63.7 Å². The Labute approximate surface area is 216 Å². The molecule has 0 aliphatic rings. The van der Waals surface area contributed by atoms with Crippen molar-refractivity contribution in [3.63, 3.8) is 0 Å². The third kappa shape index (κ3) is 11.3. The maximum atomic E-state index is 12.9. The van der Waals surface area contributed by atoms with Crippen molar-refractivity contribution in [2.75, 3.05) is 13.2 Å². The van der Waals surface area contributed by atoms with Gasteiger partial charge in [0.15, 0.2) is 5.96 Å². The largest absolute Gasteiger partial charge is 0.480 e. The number of aliphatic imine (C=N–C) groups is 1. The monoisotopic (exact) mass is 521 g/mol. The minimum atomic E-state index is -1.38. The first-order chi connectivity index (χ1) is 17.5. The van der Waals surface area contributed by atoms with E-state index < -0.39 is 54.5 Å². The Bertz CT molecular complexity index is 923. The van der Waals surface area contributed by atoms with E-state index in [1.165, 1.54) is 0 Å². The van der Waals surface area contributed by atoms with Crippen LogP contribution < -0.4 is 33.2 Å². The van der Waals surface area contributed by atoms with Crippen molar-refractivity contribution in [3.05, 3.63) is 35.9 Å². The lowest BCUT2D eigenvalue weighted by molar-refractivity contribution is -0.144. The SMILES string of the molecule is CCC(C)C(NC(=O)C(CCCN=C(N)N)NC(=O)C(CO)NC(=O)C(N)Cc1ccccc1)C(=O)O. The van der Waals surface area contributed by atoms with Crippen LogP contribution in [-0.2, 0) is 25.6 Å².